The third-order valence-electron chi connectivity index (χ3n) is 3.38. The van der Waals surface area contributed by atoms with Gasteiger partial charge in [0.2, 0.25) is 0 Å². The number of thiazole rings is 1. The number of hydrogen-bond donors (Lipinski definition) is 2. The van der Waals surface area contributed by atoms with Gasteiger partial charge < -0.3 is 15.4 Å². The van der Waals surface area contributed by atoms with Gasteiger partial charge in [0, 0.05) is 25.6 Å². The van der Waals surface area contributed by atoms with Crippen molar-refractivity contribution >= 4 is 41.3 Å². The first kappa shape index (κ1) is 19.6. The normalized spacial score (nSPS) is 14.8. The van der Waals surface area contributed by atoms with Gasteiger partial charge in [0.1, 0.15) is 5.01 Å². The van der Waals surface area contributed by atoms with E-state index in [2.05, 4.69) is 39.8 Å². The molecule has 0 spiro atoms. The summed E-state index contributed by atoms with van der Waals surface area (Å²) in [6, 6.07) is 0. The SMILES string of the molecule is CN=C(NCCOCC1CC1)NCc1nc(C(C)C)cs1.I. The lowest BCUT2D eigenvalue weighted by atomic mass is 10.2. The van der Waals surface area contributed by atoms with Gasteiger partial charge in [0.15, 0.2) is 5.96 Å². The van der Waals surface area contributed by atoms with E-state index < -0.39 is 0 Å². The van der Waals surface area contributed by atoms with Crippen molar-refractivity contribution < 1.29 is 4.74 Å². The highest BCUT2D eigenvalue weighted by atomic mass is 127. The predicted molar refractivity (Wildman–Crippen MR) is 103 cm³/mol. The third-order valence-corrected chi connectivity index (χ3v) is 4.25. The molecule has 2 N–H and O–H groups in total. The molecule has 0 aromatic carbocycles. The van der Waals surface area contributed by atoms with E-state index in [0.29, 0.717) is 12.5 Å². The number of nitrogens with zero attached hydrogens (tertiary/aromatic N) is 2. The molecule has 0 amide bonds. The number of nitrogens with one attached hydrogen (secondary N) is 2. The maximum Gasteiger partial charge on any atom is 0.191 e. The number of halogens is 1. The second-order valence-corrected chi connectivity index (χ2v) is 6.63. The molecular weight excluding hydrogens is 411 g/mol. The minimum absolute atomic E-state index is 0. The fourth-order valence-electron chi connectivity index (χ4n) is 1.83. The van der Waals surface area contributed by atoms with Gasteiger partial charge in [-0.3, -0.25) is 4.99 Å². The lowest BCUT2D eigenvalue weighted by Crippen LogP contribution is -2.38. The van der Waals surface area contributed by atoms with Gasteiger partial charge in [-0.05, 0) is 24.7 Å². The molecule has 0 bridgehead atoms. The first-order valence-corrected chi connectivity index (χ1v) is 8.53. The third kappa shape index (κ3) is 7.23. The quantitative estimate of drug-likeness (QED) is 0.284. The Balaban J connectivity index is 0.00000242. The zero-order valence-electron chi connectivity index (χ0n) is 13.6. The molecule has 1 aliphatic carbocycles. The van der Waals surface area contributed by atoms with Crippen LogP contribution in [0.4, 0.5) is 0 Å². The lowest BCUT2D eigenvalue weighted by molar-refractivity contribution is 0.129. The van der Waals surface area contributed by atoms with Gasteiger partial charge >= 0.3 is 0 Å². The molecule has 0 radical (unpaired) electrons. The van der Waals surface area contributed by atoms with Crippen LogP contribution in [0.1, 0.15) is 43.3 Å². The van der Waals surface area contributed by atoms with E-state index in [9.17, 15) is 0 Å². The second kappa shape index (κ2) is 10.4. The van der Waals surface area contributed by atoms with Crippen molar-refractivity contribution in [2.45, 2.75) is 39.2 Å². The van der Waals surface area contributed by atoms with Crippen LogP contribution in [0, 0.1) is 5.92 Å². The van der Waals surface area contributed by atoms with E-state index in [0.717, 1.165) is 42.3 Å². The van der Waals surface area contributed by atoms with Crippen molar-refractivity contribution in [3.05, 3.63) is 16.1 Å². The van der Waals surface area contributed by atoms with Crippen molar-refractivity contribution in [1.29, 1.82) is 0 Å². The van der Waals surface area contributed by atoms with Crippen molar-refractivity contribution in [3.8, 4) is 0 Å². The van der Waals surface area contributed by atoms with Crippen molar-refractivity contribution in [1.82, 2.24) is 15.6 Å². The summed E-state index contributed by atoms with van der Waals surface area (Å²) in [5.74, 6) is 2.10. The van der Waals surface area contributed by atoms with Crippen LogP contribution < -0.4 is 10.6 Å². The summed E-state index contributed by atoms with van der Waals surface area (Å²) < 4.78 is 5.59. The molecule has 1 aromatic rings. The number of guanidine groups is 1. The Hall–Kier alpha value is -0.410. The number of hydrogen-bond acceptors (Lipinski definition) is 4. The van der Waals surface area contributed by atoms with Gasteiger partial charge in [-0.15, -0.1) is 35.3 Å². The van der Waals surface area contributed by atoms with Gasteiger partial charge in [-0.25, -0.2) is 4.98 Å². The van der Waals surface area contributed by atoms with E-state index in [1.54, 1.807) is 18.4 Å². The minimum Gasteiger partial charge on any atom is -0.379 e. The van der Waals surface area contributed by atoms with E-state index >= 15 is 0 Å². The van der Waals surface area contributed by atoms with Crippen molar-refractivity contribution in [3.63, 3.8) is 0 Å². The smallest absolute Gasteiger partial charge is 0.191 e. The molecule has 0 atom stereocenters. The van der Waals surface area contributed by atoms with Gasteiger partial charge in [-0.2, -0.15) is 0 Å². The molecular formula is C15H27IN4OS. The summed E-state index contributed by atoms with van der Waals surface area (Å²) in [6.45, 7) is 7.45. The maximum absolute atomic E-state index is 5.59. The number of ether oxygens (including phenoxy) is 1. The van der Waals surface area contributed by atoms with Crippen LogP contribution in [-0.4, -0.2) is 37.7 Å². The number of rotatable bonds is 8. The van der Waals surface area contributed by atoms with E-state index in [1.165, 1.54) is 12.8 Å². The first-order chi connectivity index (χ1) is 10.2. The van der Waals surface area contributed by atoms with Crippen molar-refractivity contribution in [2.75, 3.05) is 26.8 Å². The second-order valence-electron chi connectivity index (χ2n) is 5.69. The van der Waals surface area contributed by atoms with Gasteiger partial charge in [0.05, 0.1) is 18.8 Å². The average Bonchev–Trinajstić information content (AvgIpc) is 3.17. The Bertz CT molecular complexity index is 460. The molecule has 0 unspecified atom stereocenters. The van der Waals surface area contributed by atoms with Crippen LogP contribution in [0.5, 0.6) is 0 Å². The molecule has 1 aromatic heterocycles. The zero-order chi connectivity index (χ0) is 15.1. The molecule has 1 aliphatic rings. The Labute approximate surface area is 154 Å². The highest BCUT2D eigenvalue weighted by Crippen LogP contribution is 2.28. The monoisotopic (exact) mass is 438 g/mol. The molecule has 1 fully saturated rings. The topological polar surface area (TPSA) is 58.5 Å². The van der Waals surface area contributed by atoms with Gasteiger partial charge in [-0.1, -0.05) is 13.8 Å². The van der Waals surface area contributed by atoms with Crippen LogP contribution in [0.2, 0.25) is 0 Å². The van der Waals surface area contributed by atoms with Crippen LogP contribution in [0.3, 0.4) is 0 Å². The standard InChI is InChI=1S/C15H26N4OS.HI/c1-11(2)13-10-21-14(19-13)8-18-15(16-3)17-6-7-20-9-12-4-5-12;/h10-12H,4-9H2,1-3H3,(H2,16,17,18);1H. The number of aliphatic imine (C=N–C) groups is 1. The fraction of sp³-hybridized carbons (Fsp3) is 0.733. The summed E-state index contributed by atoms with van der Waals surface area (Å²) in [5, 5.41) is 9.75. The van der Waals surface area contributed by atoms with Crippen LogP contribution >= 0.6 is 35.3 Å². The molecule has 1 saturated carbocycles. The highest BCUT2D eigenvalue weighted by molar-refractivity contribution is 14.0. The Morgan fingerprint density at radius 3 is 2.82 bits per heavy atom. The molecule has 7 heteroatoms. The fourth-order valence-corrected chi connectivity index (χ4v) is 2.72. The molecule has 0 saturated heterocycles. The summed E-state index contributed by atoms with van der Waals surface area (Å²) in [6.07, 6.45) is 2.67. The van der Waals surface area contributed by atoms with Crippen molar-refractivity contribution in [2.24, 2.45) is 10.9 Å². The zero-order valence-corrected chi connectivity index (χ0v) is 16.7. The average molecular weight is 438 g/mol. The number of aromatic nitrogens is 1. The molecule has 0 aliphatic heterocycles. The molecule has 126 valence electrons. The molecule has 22 heavy (non-hydrogen) atoms. The van der Waals surface area contributed by atoms with Crippen LogP contribution in [0.15, 0.2) is 10.4 Å². The van der Waals surface area contributed by atoms with E-state index in [1.807, 2.05) is 0 Å². The molecule has 1 heterocycles. The van der Waals surface area contributed by atoms with Crippen LogP contribution in [0.25, 0.3) is 0 Å². The summed E-state index contributed by atoms with van der Waals surface area (Å²) in [7, 11) is 1.78. The van der Waals surface area contributed by atoms with E-state index in [4.69, 9.17) is 4.74 Å². The summed E-state index contributed by atoms with van der Waals surface area (Å²) in [4.78, 5) is 8.81. The molecule has 2 rings (SSSR count). The minimum atomic E-state index is 0. The van der Waals surface area contributed by atoms with Gasteiger partial charge in [0.25, 0.3) is 0 Å². The predicted octanol–water partition coefficient (Wildman–Crippen LogP) is 2.98. The van der Waals surface area contributed by atoms with Crippen LogP contribution in [-0.2, 0) is 11.3 Å². The Morgan fingerprint density at radius 2 is 2.23 bits per heavy atom. The Kier molecular flexibility index (Phi) is 9.27. The lowest BCUT2D eigenvalue weighted by Gasteiger charge is -2.11. The first-order valence-electron chi connectivity index (χ1n) is 7.65. The van der Waals surface area contributed by atoms with E-state index in [-0.39, 0.29) is 24.0 Å². The summed E-state index contributed by atoms with van der Waals surface area (Å²) >= 11 is 1.69. The Morgan fingerprint density at radius 1 is 1.45 bits per heavy atom. The highest BCUT2D eigenvalue weighted by Gasteiger charge is 2.20. The maximum atomic E-state index is 5.59. The molecule has 5 nitrogen and oxygen atoms in total. The summed E-state index contributed by atoms with van der Waals surface area (Å²) in [5.41, 5.74) is 1.16. The largest absolute Gasteiger partial charge is 0.379 e.